The van der Waals surface area contributed by atoms with Crippen molar-refractivity contribution in [1.82, 2.24) is 14.5 Å². The van der Waals surface area contributed by atoms with Crippen LogP contribution >= 0.6 is 22.7 Å². The fourth-order valence-corrected chi connectivity index (χ4v) is 5.66. The van der Waals surface area contributed by atoms with E-state index in [1.54, 1.807) is 16.2 Å². The van der Waals surface area contributed by atoms with Crippen LogP contribution in [-0.4, -0.2) is 20.4 Å². The number of aromatic nitrogens is 3. The van der Waals surface area contributed by atoms with E-state index in [9.17, 15) is 9.59 Å². The largest absolute Gasteiger partial charge is 0.288 e. The molecule has 0 saturated heterocycles. The van der Waals surface area contributed by atoms with Crippen molar-refractivity contribution < 1.29 is 4.79 Å². The van der Waals surface area contributed by atoms with E-state index in [4.69, 9.17) is 4.98 Å². The number of anilines is 1. The molecule has 3 aromatic heterocycles. The fourth-order valence-electron chi connectivity index (χ4n) is 3.70. The number of nitrogens with zero attached hydrogens (tertiary/aromatic N) is 4. The Morgan fingerprint density at radius 1 is 1.13 bits per heavy atom. The highest BCUT2D eigenvalue weighted by molar-refractivity contribution is 7.17. The Morgan fingerprint density at radius 3 is 2.80 bits per heavy atom. The number of hydrogen-bond acceptors (Lipinski definition) is 6. The molecule has 1 aliphatic carbocycles. The van der Waals surface area contributed by atoms with Crippen molar-refractivity contribution >= 4 is 43.9 Å². The van der Waals surface area contributed by atoms with Gasteiger partial charge in [0.05, 0.1) is 24.1 Å². The first kappa shape index (κ1) is 19.1. The van der Waals surface area contributed by atoms with Crippen LogP contribution in [0.5, 0.6) is 0 Å². The third-order valence-electron chi connectivity index (χ3n) is 5.29. The summed E-state index contributed by atoms with van der Waals surface area (Å²) in [5.74, 6) is -0.162. The van der Waals surface area contributed by atoms with Gasteiger partial charge in [-0.05, 0) is 42.7 Å². The van der Waals surface area contributed by atoms with Crippen molar-refractivity contribution in [3.63, 3.8) is 0 Å². The van der Waals surface area contributed by atoms with E-state index in [-0.39, 0.29) is 18.0 Å². The van der Waals surface area contributed by atoms with Gasteiger partial charge in [-0.25, -0.2) is 9.97 Å². The summed E-state index contributed by atoms with van der Waals surface area (Å²) in [6.45, 7) is 0.367. The van der Waals surface area contributed by atoms with Crippen molar-refractivity contribution in [2.75, 3.05) is 4.90 Å². The van der Waals surface area contributed by atoms with E-state index in [2.05, 4.69) is 4.98 Å². The molecular formula is C22H20N4O2S2. The number of carbonyl (C=O) groups is 1. The predicted octanol–water partition coefficient (Wildman–Crippen LogP) is 4.03. The fraction of sp³-hybridized carbons (Fsp3) is 0.273. The maximum absolute atomic E-state index is 13.4. The quantitative estimate of drug-likeness (QED) is 0.474. The molecule has 0 bridgehead atoms. The van der Waals surface area contributed by atoms with Crippen molar-refractivity contribution in [2.24, 2.45) is 0 Å². The Labute approximate surface area is 181 Å². The van der Waals surface area contributed by atoms with Gasteiger partial charge in [-0.2, -0.15) is 0 Å². The summed E-state index contributed by atoms with van der Waals surface area (Å²) in [6, 6.07) is 11.7. The molecule has 0 aliphatic heterocycles. The average molecular weight is 437 g/mol. The molecule has 0 spiro atoms. The minimum absolute atomic E-state index is 0.0588. The molecule has 1 aliphatic rings. The molecule has 5 rings (SSSR count). The van der Waals surface area contributed by atoms with Gasteiger partial charge in [-0.3, -0.25) is 19.1 Å². The monoisotopic (exact) mass is 436 g/mol. The zero-order chi connectivity index (χ0) is 20.5. The Bertz CT molecular complexity index is 1240. The third kappa shape index (κ3) is 3.68. The molecule has 0 unspecified atom stereocenters. The van der Waals surface area contributed by atoms with E-state index in [0.29, 0.717) is 21.9 Å². The van der Waals surface area contributed by atoms with Crippen molar-refractivity contribution in [3.8, 4) is 0 Å². The van der Waals surface area contributed by atoms with Gasteiger partial charge in [0, 0.05) is 4.88 Å². The van der Waals surface area contributed by atoms with Crippen LogP contribution in [0, 0.1) is 0 Å². The second kappa shape index (κ2) is 8.12. The van der Waals surface area contributed by atoms with E-state index in [1.165, 1.54) is 33.5 Å². The molecule has 8 heteroatoms. The van der Waals surface area contributed by atoms with Gasteiger partial charge >= 0.3 is 0 Å². The number of amides is 1. The normalized spacial score (nSPS) is 13.3. The molecule has 1 aromatic carbocycles. The maximum Gasteiger partial charge on any atom is 0.271 e. The molecule has 6 nitrogen and oxygen atoms in total. The van der Waals surface area contributed by atoms with Crippen LogP contribution < -0.4 is 10.5 Å². The van der Waals surface area contributed by atoms with Crippen LogP contribution in [0.15, 0.2) is 52.9 Å². The number of aryl methyl sites for hydroxylation is 2. The molecule has 0 radical (unpaired) electrons. The second-order valence-corrected chi connectivity index (χ2v) is 9.33. The molecular weight excluding hydrogens is 416 g/mol. The van der Waals surface area contributed by atoms with E-state index in [1.807, 2.05) is 41.8 Å². The highest BCUT2D eigenvalue weighted by Crippen LogP contribution is 2.32. The number of rotatable bonds is 5. The van der Waals surface area contributed by atoms with Gasteiger partial charge in [0.25, 0.3) is 5.56 Å². The molecule has 3 heterocycles. The lowest BCUT2D eigenvalue weighted by atomic mass is 10.0. The molecule has 0 fully saturated rings. The summed E-state index contributed by atoms with van der Waals surface area (Å²) in [5.41, 5.74) is 2.63. The zero-order valence-electron chi connectivity index (χ0n) is 16.3. The summed E-state index contributed by atoms with van der Waals surface area (Å²) < 4.78 is 1.97. The molecule has 152 valence electrons. The van der Waals surface area contributed by atoms with E-state index in [0.717, 1.165) is 30.5 Å². The highest BCUT2D eigenvalue weighted by Gasteiger charge is 2.24. The average Bonchev–Trinajstić information content (AvgIpc) is 3.42. The third-order valence-corrected chi connectivity index (χ3v) is 7.36. The van der Waals surface area contributed by atoms with Gasteiger partial charge in [-0.15, -0.1) is 22.7 Å². The lowest BCUT2D eigenvalue weighted by Crippen LogP contribution is -2.36. The first-order valence-electron chi connectivity index (χ1n) is 9.94. The summed E-state index contributed by atoms with van der Waals surface area (Å²) in [6.07, 6.45) is 5.77. The predicted molar refractivity (Wildman–Crippen MR) is 120 cm³/mol. The number of hydrogen-bond donors (Lipinski definition) is 0. The Kier molecular flexibility index (Phi) is 5.18. The molecule has 0 N–H and O–H groups in total. The van der Waals surface area contributed by atoms with E-state index >= 15 is 0 Å². The number of carbonyl (C=O) groups excluding carboxylic acids is 1. The van der Waals surface area contributed by atoms with E-state index < -0.39 is 0 Å². The molecule has 4 aromatic rings. The summed E-state index contributed by atoms with van der Waals surface area (Å²) in [5, 5.41) is 2.56. The minimum Gasteiger partial charge on any atom is -0.288 e. The van der Waals surface area contributed by atoms with Crippen LogP contribution in [0.4, 0.5) is 5.13 Å². The maximum atomic E-state index is 13.4. The molecule has 30 heavy (non-hydrogen) atoms. The minimum atomic E-state index is -0.179. The molecule has 1 amide bonds. The van der Waals surface area contributed by atoms with Crippen LogP contribution in [0.1, 0.15) is 29.0 Å². The van der Waals surface area contributed by atoms with Crippen molar-refractivity contribution in [3.05, 3.63) is 74.6 Å². The van der Waals surface area contributed by atoms with Gasteiger partial charge < -0.3 is 0 Å². The standard InChI is InChI=1S/C22H20N4O2S2/c27-19(13-25-14-23-17-10-11-29-20(17)21(25)28)26(12-15-6-2-1-3-7-15)22-24-16-8-4-5-9-18(16)30-22/h1-3,6-7,10-11,14H,4-5,8-9,12-13H2. The van der Waals surface area contributed by atoms with Gasteiger partial charge in [0.2, 0.25) is 5.91 Å². The van der Waals surface area contributed by atoms with Gasteiger partial charge in [0.15, 0.2) is 5.13 Å². The topological polar surface area (TPSA) is 68.1 Å². The van der Waals surface area contributed by atoms with Crippen LogP contribution in [0.3, 0.4) is 0 Å². The number of fused-ring (bicyclic) bond motifs is 2. The van der Waals surface area contributed by atoms with Crippen molar-refractivity contribution in [2.45, 2.75) is 38.8 Å². The smallest absolute Gasteiger partial charge is 0.271 e. The molecule has 0 atom stereocenters. The van der Waals surface area contributed by atoms with Crippen molar-refractivity contribution in [1.29, 1.82) is 0 Å². The van der Waals surface area contributed by atoms with Gasteiger partial charge in [0.1, 0.15) is 11.2 Å². The Balaban J connectivity index is 1.48. The number of benzene rings is 1. The van der Waals surface area contributed by atoms with Crippen LogP contribution in [0.25, 0.3) is 10.2 Å². The Hall–Kier alpha value is -2.84. The van der Waals surface area contributed by atoms with Crippen LogP contribution in [-0.2, 0) is 30.7 Å². The first-order chi connectivity index (χ1) is 14.7. The lowest BCUT2D eigenvalue weighted by Gasteiger charge is -2.20. The summed E-state index contributed by atoms with van der Waals surface area (Å²) in [7, 11) is 0. The first-order valence-corrected chi connectivity index (χ1v) is 11.6. The van der Waals surface area contributed by atoms with Gasteiger partial charge in [-0.1, -0.05) is 30.3 Å². The lowest BCUT2D eigenvalue weighted by molar-refractivity contribution is -0.119. The zero-order valence-corrected chi connectivity index (χ0v) is 17.9. The number of thiophene rings is 1. The number of thiazole rings is 1. The Morgan fingerprint density at radius 2 is 1.97 bits per heavy atom. The molecule has 0 saturated carbocycles. The second-order valence-electron chi connectivity index (χ2n) is 7.35. The summed E-state index contributed by atoms with van der Waals surface area (Å²) >= 11 is 2.95. The SMILES string of the molecule is O=C(Cn1cnc2ccsc2c1=O)N(Cc1ccccc1)c1nc2c(s1)CCCC2. The summed E-state index contributed by atoms with van der Waals surface area (Å²) in [4.78, 5) is 38.2. The van der Waals surface area contributed by atoms with Crippen LogP contribution in [0.2, 0.25) is 0 Å². The highest BCUT2D eigenvalue weighted by atomic mass is 32.1.